The Labute approximate surface area is 127 Å². The van der Waals surface area contributed by atoms with Crippen LogP contribution in [0.1, 0.15) is 11.1 Å². The van der Waals surface area contributed by atoms with Crippen LogP contribution in [-0.4, -0.2) is 16.1 Å². The van der Waals surface area contributed by atoms with Gasteiger partial charge in [-0.3, -0.25) is 9.78 Å². The molecule has 3 rings (SSSR count). The smallest absolute Gasteiger partial charge is 0.289 e. The predicted molar refractivity (Wildman–Crippen MR) is 86.6 cm³/mol. The summed E-state index contributed by atoms with van der Waals surface area (Å²) >= 11 is 1.14. The van der Waals surface area contributed by atoms with E-state index in [4.69, 9.17) is 0 Å². The van der Waals surface area contributed by atoms with Crippen molar-refractivity contribution in [3.63, 3.8) is 0 Å². The van der Waals surface area contributed by atoms with E-state index < -0.39 is 0 Å². The standard InChI is InChI=1S/C16H13N3OS/c1-11-4-6-13(7-5-11)18-15-14(21-16(20)19-15)9-12-3-2-8-17-10-12/h2-10H,1H3,(H,18,19,20)/b14-9-. The number of aromatic nitrogens is 1. The average molecular weight is 295 g/mol. The molecule has 1 fully saturated rings. The third-order valence-electron chi connectivity index (χ3n) is 2.91. The summed E-state index contributed by atoms with van der Waals surface area (Å²) in [4.78, 5) is 21.0. The van der Waals surface area contributed by atoms with Gasteiger partial charge in [0.15, 0.2) is 0 Å². The van der Waals surface area contributed by atoms with Crippen molar-refractivity contribution >= 4 is 34.6 Å². The second-order valence-corrected chi connectivity index (χ2v) is 5.62. The molecule has 1 aromatic heterocycles. The van der Waals surface area contributed by atoms with E-state index >= 15 is 0 Å². The fourth-order valence-corrected chi connectivity index (χ4v) is 2.61. The SMILES string of the molecule is Cc1ccc(N=C2NC(=O)S/C2=C\c2cccnc2)cc1. The van der Waals surface area contributed by atoms with Crippen molar-refractivity contribution in [2.75, 3.05) is 0 Å². The summed E-state index contributed by atoms with van der Waals surface area (Å²) in [5.74, 6) is 0.581. The normalized spacial score (nSPS) is 18.2. The molecule has 1 aliphatic rings. The van der Waals surface area contributed by atoms with Crippen molar-refractivity contribution < 1.29 is 4.79 Å². The molecule has 2 aromatic rings. The molecule has 0 radical (unpaired) electrons. The minimum Gasteiger partial charge on any atom is -0.300 e. The number of hydrogen-bond acceptors (Lipinski definition) is 4. The molecule has 1 aromatic carbocycles. The van der Waals surface area contributed by atoms with E-state index in [0.717, 1.165) is 27.9 Å². The Kier molecular flexibility index (Phi) is 3.83. The lowest BCUT2D eigenvalue weighted by atomic mass is 10.2. The van der Waals surface area contributed by atoms with Crippen LogP contribution in [0.4, 0.5) is 10.5 Å². The van der Waals surface area contributed by atoms with Gasteiger partial charge in [-0.25, -0.2) is 4.99 Å². The first-order valence-corrected chi connectivity index (χ1v) is 7.29. The van der Waals surface area contributed by atoms with Crippen molar-refractivity contribution in [3.05, 3.63) is 64.8 Å². The number of hydrogen-bond donors (Lipinski definition) is 1. The Morgan fingerprint density at radius 3 is 2.76 bits per heavy atom. The minimum atomic E-state index is -0.115. The van der Waals surface area contributed by atoms with Gasteiger partial charge < -0.3 is 5.32 Å². The van der Waals surface area contributed by atoms with E-state index in [9.17, 15) is 4.79 Å². The molecule has 0 aliphatic carbocycles. The van der Waals surface area contributed by atoms with Crippen LogP contribution in [-0.2, 0) is 0 Å². The largest absolute Gasteiger partial charge is 0.300 e. The number of nitrogens with zero attached hydrogens (tertiary/aromatic N) is 2. The van der Waals surface area contributed by atoms with Gasteiger partial charge in [0.1, 0.15) is 5.84 Å². The summed E-state index contributed by atoms with van der Waals surface area (Å²) in [6, 6.07) is 11.6. The van der Waals surface area contributed by atoms with Gasteiger partial charge in [0.05, 0.1) is 10.6 Å². The zero-order valence-electron chi connectivity index (χ0n) is 11.4. The van der Waals surface area contributed by atoms with E-state index in [0.29, 0.717) is 5.84 Å². The summed E-state index contributed by atoms with van der Waals surface area (Å²) in [5, 5.41) is 2.66. The van der Waals surface area contributed by atoms with Gasteiger partial charge in [-0.15, -0.1) is 0 Å². The molecule has 5 heteroatoms. The topological polar surface area (TPSA) is 54.4 Å². The van der Waals surface area contributed by atoms with Crippen LogP contribution in [0.3, 0.4) is 0 Å². The summed E-state index contributed by atoms with van der Waals surface area (Å²) < 4.78 is 0. The Morgan fingerprint density at radius 1 is 1.24 bits per heavy atom. The van der Waals surface area contributed by atoms with Gasteiger partial charge in [0.25, 0.3) is 5.24 Å². The zero-order valence-corrected chi connectivity index (χ0v) is 12.2. The third-order valence-corrected chi connectivity index (χ3v) is 3.73. The van der Waals surface area contributed by atoms with Crippen LogP contribution in [0, 0.1) is 6.92 Å². The quantitative estimate of drug-likeness (QED) is 0.913. The predicted octanol–water partition coefficient (Wildman–Crippen LogP) is 3.92. The summed E-state index contributed by atoms with van der Waals surface area (Å²) in [7, 11) is 0. The molecule has 0 spiro atoms. The Balaban J connectivity index is 1.94. The summed E-state index contributed by atoms with van der Waals surface area (Å²) in [6.45, 7) is 2.03. The molecule has 21 heavy (non-hydrogen) atoms. The molecule has 1 aliphatic heterocycles. The highest BCUT2D eigenvalue weighted by molar-refractivity contribution is 8.18. The van der Waals surface area contributed by atoms with E-state index in [1.165, 1.54) is 5.56 Å². The zero-order chi connectivity index (χ0) is 14.7. The Bertz CT molecular complexity index is 721. The van der Waals surface area contributed by atoms with Crippen molar-refractivity contribution in [2.45, 2.75) is 6.92 Å². The van der Waals surface area contributed by atoms with Crippen molar-refractivity contribution in [3.8, 4) is 0 Å². The number of aliphatic imine (C=N–C) groups is 1. The first kappa shape index (κ1) is 13.6. The first-order chi connectivity index (χ1) is 10.2. The number of thioether (sulfide) groups is 1. The van der Waals surface area contributed by atoms with Crippen molar-refractivity contribution in [1.82, 2.24) is 10.3 Å². The summed E-state index contributed by atoms with van der Waals surface area (Å²) in [6.07, 6.45) is 5.37. The monoisotopic (exact) mass is 295 g/mol. The fourth-order valence-electron chi connectivity index (χ4n) is 1.87. The van der Waals surface area contributed by atoms with Gasteiger partial charge >= 0.3 is 0 Å². The van der Waals surface area contributed by atoms with E-state index in [1.807, 2.05) is 49.4 Å². The van der Waals surface area contributed by atoms with Gasteiger partial charge in [-0.2, -0.15) is 0 Å². The molecule has 0 bridgehead atoms. The highest BCUT2D eigenvalue weighted by Gasteiger charge is 2.23. The maximum absolute atomic E-state index is 11.6. The Hall–Kier alpha value is -2.40. The maximum atomic E-state index is 11.6. The first-order valence-electron chi connectivity index (χ1n) is 6.47. The number of amides is 1. The van der Waals surface area contributed by atoms with Gasteiger partial charge in [-0.1, -0.05) is 23.8 Å². The maximum Gasteiger partial charge on any atom is 0.289 e. The highest BCUT2D eigenvalue weighted by Crippen LogP contribution is 2.28. The average Bonchev–Trinajstić information content (AvgIpc) is 2.82. The minimum absolute atomic E-state index is 0.115. The third kappa shape index (κ3) is 3.38. The molecule has 4 nitrogen and oxygen atoms in total. The molecule has 0 unspecified atom stereocenters. The van der Waals surface area contributed by atoms with Gasteiger partial charge in [0.2, 0.25) is 0 Å². The summed E-state index contributed by atoms with van der Waals surface area (Å²) in [5.41, 5.74) is 2.93. The molecular weight excluding hydrogens is 282 g/mol. The van der Waals surface area contributed by atoms with E-state index in [2.05, 4.69) is 15.3 Å². The van der Waals surface area contributed by atoms with E-state index in [-0.39, 0.29) is 5.24 Å². The lowest BCUT2D eigenvalue weighted by Crippen LogP contribution is -2.18. The fraction of sp³-hybridized carbons (Fsp3) is 0.0625. The Morgan fingerprint density at radius 2 is 2.05 bits per heavy atom. The number of amidine groups is 1. The van der Waals surface area contributed by atoms with Crippen LogP contribution in [0.15, 0.2) is 58.7 Å². The van der Waals surface area contributed by atoms with E-state index in [1.54, 1.807) is 12.4 Å². The number of benzene rings is 1. The van der Waals surface area contributed by atoms with Gasteiger partial charge in [0, 0.05) is 12.4 Å². The molecule has 1 amide bonds. The van der Waals surface area contributed by atoms with Crippen LogP contribution >= 0.6 is 11.8 Å². The van der Waals surface area contributed by atoms with Gasteiger partial charge in [-0.05, 0) is 48.5 Å². The second kappa shape index (κ2) is 5.93. The van der Waals surface area contributed by atoms with Crippen LogP contribution in [0.2, 0.25) is 0 Å². The molecule has 1 saturated heterocycles. The highest BCUT2D eigenvalue weighted by atomic mass is 32.2. The molecule has 0 atom stereocenters. The van der Waals surface area contributed by atoms with Crippen LogP contribution < -0.4 is 5.32 Å². The molecule has 0 saturated carbocycles. The molecular formula is C16H13N3OS. The molecule has 104 valence electrons. The van der Waals surface area contributed by atoms with Crippen LogP contribution in [0.25, 0.3) is 6.08 Å². The van der Waals surface area contributed by atoms with Crippen molar-refractivity contribution in [1.29, 1.82) is 0 Å². The van der Waals surface area contributed by atoms with Crippen molar-refractivity contribution in [2.24, 2.45) is 4.99 Å². The molecule has 1 N–H and O–H groups in total. The lowest BCUT2D eigenvalue weighted by molar-refractivity contribution is 0.265. The second-order valence-electron chi connectivity index (χ2n) is 4.61. The number of pyridine rings is 1. The number of rotatable bonds is 2. The number of carbonyl (C=O) groups is 1. The number of nitrogens with one attached hydrogen (secondary N) is 1. The molecule has 2 heterocycles. The lowest BCUT2D eigenvalue weighted by Gasteiger charge is -2.00. The number of carbonyl (C=O) groups excluding carboxylic acids is 1. The number of aryl methyl sites for hydroxylation is 1. The van der Waals surface area contributed by atoms with Crippen LogP contribution in [0.5, 0.6) is 0 Å².